The van der Waals surface area contributed by atoms with Crippen LogP contribution in [0.4, 0.5) is 22.2 Å². The number of aliphatic hydroxyl groups excluding tert-OH is 1. The summed E-state index contributed by atoms with van der Waals surface area (Å²) in [6.45, 7) is 5.35. The van der Waals surface area contributed by atoms with Crippen LogP contribution in [0, 0.1) is 0 Å². The van der Waals surface area contributed by atoms with E-state index < -0.39 is 21.9 Å². The van der Waals surface area contributed by atoms with Gasteiger partial charge in [0.1, 0.15) is 5.82 Å². The Hall–Kier alpha value is -2.24. The minimum absolute atomic E-state index is 0.167. The van der Waals surface area contributed by atoms with Gasteiger partial charge < -0.3 is 20.5 Å². The number of aliphatic hydroxyl groups is 1. The summed E-state index contributed by atoms with van der Waals surface area (Å²) in [4.78, 5) is 20.5. The molecule has 158 valence electrons. The van der Waals surface area contributed by atoms with Crippen molar-refractivity contribution in [2.24, 2.45) is 4.36 Å². The molecule has 9 nitrogen and oxygen atoms in total. The summed E-state index contributed by atoms with van der Waals surface area (Å²) in [7, 11) is -2.90. The molecule has 1 unspecified atom stereocenters. The number of halogens is 1. The first-order chi connectivity index (χ1) is 13.6. The predicted octanol–water partition coefficient (Wildman–Crippen LogP) is 3.78. The van der Waals surface area contributed by atoms with Crippen LogP contribution in [0.2, 0.25) is 0 Å². The van der Waals surface area contributed by atoms with Crippen molar-refractivity contribution < 1.29 is 18.8 Å². The van der Waals surface area contributed by atoms with Crippen LogP contribution in [0.1, 0.15) is 20.8 Å². The van der Waals surface area contributed by atoms with Crippen LogP contribution in [0.15, 0.2) is 44.2 Å². The fraction of sp³-hybridized carbons (Fsp3) is 0.389. The minimum Gasteiger partial charge on any atom is -0.448 e. The molecule has 0 aliphatic carbocycles. The molecule has 0 fully saturated rings. The highest BCUT2D eigenvalue weighted by molar-refractivity contribution is 9.10. The quantitative estimate of drug-likeness (QED) is 0.540. The van der Waals surface area contributed by atoms with Crippen molar-refractivity contribution in [2.75, 3.05) is 23.5 Å². The molecule has 0 saturated carbocycles. The van der Waals surface area contributed by atoms with Crippen molar-refractivity contribution in [3.05, 3.63) is 34.9 Å². The second-order valence-electron chi connectivity index (χ2n) is 6.31. The van der Waals surface area contributed by atoms with Gasteiger partial charge in [0, 0.05) is 23.0 Å². The third-order valence-corrected chi connectivity index (χ3v) is 6.12. The van der Waals surface area contributed by atoms with Gasteiger partial charge >= 0.3 is 6.09 Å². The highest BCUT2D eigenvalue weighted by Crippen LogP contribution is 2.24. The Bertz CT molecular complexity index is 975. The molecule has 29 heavy (non-hydrogen) atoms. The van der Waals surface area contributed by atoms with E-state index >= 15 is 0 Å². The van der Waals surface area contributed by atoms with Gasteiger partial charge in [-0.1, -0.05) is 0 Å². The van der Waals surface area contributed by atoms with Crippen LogP contribution in [-0.2, 0) is 14.5 Å². The lowest BCUT2D eigenvalue weighted by Gasteiger charge is -2.18. The zero-order chi connectivity index (χ0) is 21.6. The van der Waals surface area contributed by atoms with Crippen molar-refractivity contribution in [1.82, 2.24) is 9.97 Å². The number of carbonyl (C=O) groups excluding carboxylic acids is 1. The Morgan fingerprint density at radius 2 is 2.00 bits per heavy atom. The molecule has 1 amide bonds. The lowest BCUT2D eigenvalue weighted by Crippen LogP contribution is -2.28. The minimum atomic E-state index is -2.90. The number of rotatable bonds is 7. The standard InChI is InChI=1S/C18H24BrN5O4S/c1-5-28-18(26)24-29(4,27)14-8-6-13(7-9-14)22-17-20-10-15(19)16(23-17)21-11(2)12(3)25/h6-12,25H,5H2,1-4H3,(H2,20,21,22,23)/t11-,12-,29?/m1/s1. The topological polar surface area (TPSA) is 126 Å². The molecule has 2 rings (SSSR count). The van der Waals surface area contributed by atoms with E-state index in [2.05, 4.69) is 40.9 Å². The Morgan fingerprint density at radius 3 is 2.59 bits per heavy atom. The SMILES string of the molecule is CCOC(=O)N=S(C)(=O)c1ccc(Nc2ncc(Br)c(N[C@H](C)[C@@H](C)O)n2)cc1. The van der Waals surface area contributed by atoms with E-state index in [4.69, 9.17) is 4.74 Å². The van der Waals surface area contributed by atoms with Gasteiger partial charge in [-0.15, -0.1) is 4.36 Å². The molecule has 0 saturated heterocycles. The highest BCUT2D eigenvalue weighted by atomic mass is 79.9. The van der Waals surface area contributed by atoms with Gasteiger partial charge in [-0.3, -0.25) is 0 Å². The Morgan fingerprint density at radius 1 is 1.34 bits per heavy atom. The molecule has 0 aliphatic heterocycles. The molecular weight excluding hydrogens is 462 g/mol. The van der Waals surface area contributed by atoms with Crippen LogP contribution in [0.3, 0.4) is 0 Å². The summed E-state index contributed by atoms with van der Waals surface area (Å²) in [6, 6.07) is 6.41. The van der Waals surface area contributed by atoms with Gasteiger partial charge in [-0.05, 0) is 61.0 Å². The van der Waals surface area contributed by atoms with E-state index in [1.807, 2.05) is 6.92 Å². The van der Waals surface area contributed by atoms with Crippen LogP contribution in [0.5, 0.6) is 0 Å². The summed E-state index contributed by atoms with van der Waals surface area (Å²) in [6.07, 6.45) is 1.57. The third-order valence-electron chi connectivity index (χ3n) is 3.90. The molecule has 1 aromatic heterocycles. The van der Waals surface area contributed by atoms with Gasteiger partial charge in [-0.2, -0.15) is 4.98 Å². The number of aromatic nitrogens is 2. The number of anilines is 3. The first kappa shape index (κ1) is 23.0. The van der Waals surface area contributed by atoms with Crippen molar-refractivity contribution in [1.29, 1.82) is 0 Å². The molecule has 0 radical (unpaired) electrons. The molecule has 3 N–H and O–H groups in total. The first-order valence-corrected chi connectivity index (χ1v) is 11.6. The van der Waals surface area contributed by atoms with E-state index in [-0.39, 0.29) is 12.6 Å². The molecule has 0 spiro atoms. The maximum atomic E-state index is 12.6. The number of hydrogen-bond donors (Lipinski definition) is 3. The summed E-state index contributed by atoms with van der Waals surface area (Å²) < 4.78 is 21.7. The maximum Gasteiger partial charge on any atom is 0.442 e. The summed E-state index contributed by atoms with van der Waals surface area (Å²) in [5, 5.41) is 15.8. The van der Waals surface area contributed by atoms with Gasteiger partial charge in [0.15, 0.2) is 0 Å². The Labute approximate surface area is 178 Å². The Balaban J connectivity index is 2.18. The second kappa shape index (κ2) is 9.99. The van der Waals surface area contributed by atoms with E-state index in [0.29, 0.717) is 26.8 Å². The van der Waals surface area contributed by atoms with Gasteiger partial charge in [0.25, 0.3) is 0 Å². The Kier molecular flexibility index (Phi) is 7.94. The number of carbonyl (C=O) groups is 1. The van der Waals surface area contributed by atoms with E-state index in [1.165, 1.54) is 6.26 Å². The number of amides is 1. The van der Waals surface area contributed by atoms with Gasteiger partial charge in [0.05, 0.1) is 33.0 Å². The summed E-state index contributed by atoms with van der Waals surface area (Å²) >= 11 is 3.38. The average Bonchev–Trinajstić information content (AvgIpc) is 2.64. The second-order valence-corrected chi connectivity index (χ2v) is 9.42. The summed E-state index contributed by atoms with van der Waals surface area (Å²) in [5.41, 5.74) is 0.664. The van der Waals surface area contributed by atoms with Crippen LogP contribution in [0.25, 0.3) is 0 Å². The van der Waals surface area contributed by atoms with Gasteiger partial charge in [-0.25, -0.2) is 14.0 Å². The number of nitrogens with one attached hydrogen (secondary N) is 2. The number of hydrogen-bond acceptors (Lipinski definition) is 8. The third kappa shape index (κ3) is 6.65. The molecule has 0 aliphatic rings. The predicted molar refractivity (Wildman–Crippen MR) is 116 cm³/mol. The van der Waals surface area contributed by atoms with Crippen molar-refractivity contribution in [3.8, 4) is 0 Å². The number of nitrogens with zero attached hydrogens (tertiary/aromatic N) is 3. The van der Waals surface area contributed by atoms with Crippen LogP contribution < -0.4 is 10.6 Å². The van der Waals surface area contributed by atoms with Crippen LogP contribution in [-0.4, -0.2) is 50.4 Å². The first-order valence-electron chi connectivity index (χ1n) is 8.85. The summed E-state index contributed by atoms with van der Waals surface area (Å²) in [5.74, 6) is 0.882. The number of ether oxygens (including phenoxy) is 1. The molecule has 3 atom stereocenters. The molecular formula is C18H24BrN5O4S. The fourth-order valence-electron chi connectivity index (χ4n) is 2.13. The normalized spacial score (nSPS) is 15.0. The molecule has 11 heteroatoms. The van der Waals surface area contributed by atoms with E-state index in [1.54, 1.807) is 44.3 Å². The lowest BCUT2D eigenvalue weighted by atomic mass is 10.2. The fourth-order valence-corrected chi connectivity index (χ4v) is 3.52. The smallest absolute Gasteiger partial charge is 0.442 e. The monoisotopic (exact) mass is 485 g/mol. The molecule has 2 aromatic rings. The molecule has 0 bridgehead atoms. The lowest BCUT2D eigenvalue weighted by molar-refractivity contribution is 0.164. The largest absolute Gasteiger partial charge is 0.448 e. The average molecular weight is 486 g/mol. The van der Waals surface area contributed by atoms with Crippen molar-refractivity contribution >= 4 is 49.2 Å². The van der Waals surface area contributed by atoms with Gasteiger partial charge in [0.2, 0.25) is 5.95 Å². The zero-order valence-electron chi connectivity index (χ0n) is 16.5. The maximum absolute atomic E-state index is 12.6. The zero-order valence-corrected chi connectivity index (χ0v) is 19.0. The van der Waals surface area contributed by atoms with E-state index in [0.717, 1.165) is 0 Å². The van der Waals surface area contributed by atoms with Crippen molar-refractivity contribution in [3.63, 3.8) is 0 Å². The molecule has 1 heterocycles. The highest BCUT2D eigenvalue weighted by Gasteiger charge is 2.13. The van der Waals surface area contributed by atoms with E-state index in [9.17, 15) is 14.1 Å². The number of benzene rings is 1. The van der Waals surface area contributed by atoms with Crippen LogP contribution >= 0.6 is 15.9 Å². The van der Waals surface area contributed by atoms with Crippen molar-refractivity contribution in [2.45, 2.75) is 37.8 Å². The molecule has 1 aromatic carbocycles.